The first-order chi connectivity index (χ1) is 13.6. The van der Waals surface area contributed by atoms with Crippen LogP contribution in [0.1, 0.15) is 12.0 Å². The van der Waals surface area contributed by atoms with Crippen LogP contribution in [0.3, 0.4) is 0 Å². The lowest BCUT2D eigenvalue weighted by Crippen LogP contribution is -2.15. The van der Waals surface area contributed by atoms with Crippen LogP contribution in [0.15, 0.2) is 66.9 Å². The van der Waals surface area contributed by atoms with Crippen molar-refractivity contribution in [2.45, 2.75) is 13.3 Å². The number of nitrogens with zero attached hydrogens (tertiary/aromatic N) is 1. The first-order valence-corrected chi connectivity index (χ1v) is 8.99. The Hall–Kier alpha value is -3.54. The van der Waals surface area contributed by atoms with E-state index in [1.165, 1.54) is 0 Å². The second-order valence-electron chi connectivity index (χ2n) is 6.22. The van der Waals surface area contributed by atoms with Gasteiger partial charge >= 0.3 is 0 Å². The van der Waals surface area contributed by atoms with E-state index in [1.807, 2.05) is 55.5 Å². The number of carbonyl (C=O) groups excluding carboxylic acids is 1. The summed E-state index contributed by atoms with van der Waals surface area (Å²) >= 11 is 0. The van der Waals surface area contributed by atoms with Crippen molar-refractivity contribution in [1.29, 1.82) is 0 Å². The fourth-order valence-corrected chi connectivity index (χ4v) is 2.60. The van der Waals surface area contributed by atoms with Crippen LogP contribution in [0.2, 0.25) is 0 Å². The Balaban J connectivity index is 1.51. The van der Waals surface area contributed by atoms with Crippen LogP contribution >= 0.6 is 0 Å². The maximum absolute atomic E-state index is 12.0. The topological polar surface area (TPSA) is 72.5 Å². The van der Waals surface area contributed by atoms with Gasteiger partial charge in [0.25, 0.3) is 0 Å². The summed E-state index contributed by atoms with van der Waals surface area (Å²) in [7, 11) is 1.63. The van der Waals surface area contributed by atoms with Gasteiger partial charge in [-0.3, -0.25) is 4.79 Å². The Morgan fingerprint density at radius 1 is 1.07 bits per heavy atom. The lowest BCUT2D eigenvalue weighted by molar-refractivity contribution is -0.116. The zero-order valence-electron chi connectivity index (χ0n) is 15.9. The largest absolute Gasteiger partial charge is 0.495 e. The number of pyridine rings is 1. The van der Waals surface area contributed by atoms with Crippen LogP contribution in [0.5, 0.6) is 11.5 Å². The molecule has 2 aromatic carbocycles. The number of benzene rings is 2. The molecule has 0 spiro atoms. The fourth-order valence-electron chi connectivity index (χ4n) is 2.60. The minimum atomic E-state index is -0.126. The molecule has 28 heavy (non-hydrogen) atoms. The minimum Gasteiger partial charge on any atom is -0.495 e. The van der Waals surface area contributed by atoms with Crippen molar-refractivity contribution in [3.8, 4) is 11.5 Å². The van der Waals surface area contributed by atoms with Crippen LogP contribution in [0, 0.1) is 6.92 Å². The summed E-state index contributed by atoms with van der Waals surface area (Å²) in [6, 6.07) is 18.9. The molecular formula is C22H23N3O3. The number of aromatic nitrogens is 1. The molecule has 0 saturated carbocycles. The van der Waals surface area contributed by atoms with Crippen molar-refractivity contribution in [3.63, 3.8) is 0 Å². The third-order valence-electron chi connectivity index (χ3n) is 4.01. The maximum Gasteiger partial charge on any atom is 0.227 e. The summed E-state index contributed by atoms with van der Waals surface area (Å²) in [6.07, 6.45) is 1.87. The van der Waals surface area contributed by atoms with E-state index in [0.29, 0.717) is 18.1 Å². The van der Waals surface area contributed by atoms with Crippen LogP contribution < -0.4 is 20.1 Å². The molecule has 1 heterocycles. The maximum atomic E-state index is 12.0. The molecule has 144 valence electrons. The standard InChI is InChI=1S/C22H23N3O3/c1-16-8-10-20(27-2)19(14-16)25-21-11-9-17(15-23-21)24-22(26)12-13-28-18-6-4-3-5-7-18/h3-11,14-15H,12-13H2,1-2H3,(H,23,25)(H,24,26). The molecule has 0 saturated heterocycles. The molecule has 0 aliphatic carbocycles. The molecule has 1 aromatic heterocycles. The summed E-state index contributed by atoms with van der Waals surface area (Å²) in [5, 5.41) is 6.05. The quantitative estimate of drug-likeness (QED) is 0.602. The van der Waals surface area contributed by atoms with Crippen LogP contribution in [-0.4, -0.2) is 24.6 Å². The van der Waals surface area contributed by atoms with E-state index in [9.17, 15) is 4.79 Å². The predicted octanol–water partition coefficient (Wildman–Crippen LogP) is 4.55. The monoisotopic (exact) mass is 377 g/mol. The Labute approximate surface area is 164 Å². The van der Waals surface area contributed by atoms with Gasteiger partial charge in [-0.2, -0.15) is 0 Å². The van der Waals surface area contributed by atoms with Crippen LogP contribution in [0.4, 0.5) is 17.2 Å². The number of hydrogen-bond acceptors (Lipinski definition) is 5. The number of rotatable bonds is 8. The highest BCUT2D eigenvalue weighted by Gasteiger charge is 2.06. The molecule has 6 heteroatoms. The zero-order chi connectivity index (χ0) is 19.8. The summed E-state index contributed by atoms with van der Waals surface area (Å²) in [5.41, 5.74) is 2.58. The fraction of sp³-hybridized carbons (Fsp3) is 0.182. The summed E-state index contributed by atoms with van der Waals surface area (Å²) in [5.74, 6) is 2.02. The Morgan fingerprint density at radius 2 is 1.89 bits per heavy atom. The van der Waals surface area contributed by atoms with Crippen molar-refractivity contribution in [3.05, 3.63) is 72.4 Å². The average Bonchev–Trinajstić information content (AvgIpc) is 2.70. The summed E-state index contributed by atoms with van der Waals surface area (Å²) < 4.78 is 10.9. The molecule has 0 fully saturated rings. The van der Waals surface area contributed by atoms with E-state index in [0.717, 1.165) is 22.7 Å². The van der Waals surface area contributed by atoms with Crippen LogP contribution in [0.25, 0.3) is 0 Å². The molecule has 6 nitrogen and oxygen atoms in total. The van der Waals surface area contributed by atoms with E-state index in [4.69, 9.17) is 9.47 Å². The first-order valence-electron chi connectivity index (χ1n) is 8.99. The zero-order valence-corrected chi connectivity index (χ0v) is 15.9. The van der Waals surface area contributed by atoms with E-state index >= 15 is 0 Å². The van der Waals surface area contributed by atoms with Crippen molar-refractivity contribution in [1.82, 2.24) is 4.98 Å². The average molecular weight is 377 g/mol. The number of amides is 1. The highest BCUT2D eigenvalue weighted by Crippen LogP contribution is 2.28. The molecule has 0 unspecified atom stereocenters. The van der Waals surface area contributed by atoms with E-state index < -0.39 is 0 Å². The van der Waals surface area contributed by atoms with E-state index in [1.54, 1.807) is 25.4 Å². The second-order valence-corrected chi connectivity index (χ2v) is 6.22. The smallest absolute Gasteiger partial charge is 0.227 e. The molecule has 3 rings (SSSR count). The SMILES string of the molecule is COc1ccc(C)cc1Nc1ccc(NC(=O)CCOc2ccccc2)cn1. The number of ether oxygens (including phenoxy) is 2. The van der Waals surface area contributed by atoms with Gasteiger partial charge in [0, 0.05) is 0 Å². The van der Waals surface area contributed by atoms with Gasteiger partial charge in [-0.25, -0.2) is 4.98 Å². The molecule has 0 aliphatic heterocycles. The predicted molar refractivity (Wildman–Crippen MR) is 110 cm³/mol. The number of hydrogen-bond donors (Lipinski definition) is 2. The van der Waals surface area contributed by atoms with Gasteiger partial charge in [0.1, 0.15) is 17.3 Å². The van der Waals surface area contributed by atoms with Gasteiger partial charge in [0.15, 0.2) is 0 Å². The number of para-hydroxylation sites is 1. The number of methoxy groups -OCH3 is 1. The molecule has 0 radical (unpaired) electrons. The number of anilines is 3. The van der Waals surface area contributed by atoms with Gasteiger partial charge in [-0.1, -0.05) is 24.3 Å². The summed E-state index contributed by atoms with van der Waals surface area (Å²) in [6.45, 7) is 2.33. The van der Waals surface area contributed by atoms with Crippen molar-refractivity contribution < 1.29 is 14.3 Å². The van der Waals surface area contributed by atoms with Gasteiger partial charge in [0.05, 0.1) is 37.7 Å². The molecule has 1 amide bonds. The number of carbonyl (C=O) groups is 1. The minimum absolute atomic E-state index is 0.126. The molecule has 0 bridgehead atoms. The highest BCUT2D eigenvalue weighted by atomic mass is 16.5. The van der Waals surface area contributed by atoms with E-state index in [2.05, 4.69) is 15.6 Å². The molecule has 0 atom stereocenters. The molecule has 3 aromatic rings. The normalized spacial score (nSPS) is 10.2. The third-order valence-corrected chi connectivity index (χ3v) is 4.01. The lowest BCUT2D eigenvalue weighted by Gasteiger charge is -2.12. The Bertz CT molecular complexity index is 912. The van der Waals surface area contributed by atoms with Crippen molar-refractivity contribution in [2.75, 3.05) is 24.4 Å². The lowest BCUT2D eigenvalue weighted by atomic mass is 10.2. The first kappa shape index (κ1) is 19.2. The van der Waals surface area contributed by atoms with Crippen molar-refractivity contribution >= 4 is 23.1 Å². The van der Waals surface area contributed by atoms with Gasteiger partial charge in [-0.05, 0) is 48.9 Å². The second kappa shape index (κ2) is 9.41. The highest BCUT2D eigenvalue weighted by molar-refractivity contribution is 5.90. The van der Waals surface area contributed by atoms with Gasteiger partial charge in [-0.15, -0.1) is 0 Å². The molecule has 2 N–H and O–H groups in total. The number of aryl methyl sites for hydroxylation is 1. The Kier molecular flexibility index (Phi) is 6.46. The third kappa shape index (κ3) is 5.48. The molecule has 0 aliphatic rings. The van der Waals surface area contributed by atoms with Gasteiger partial charge in [0.2, 0.25) is 5.91 Å². The Morgan fingerprint density at radius 3 is 2.61 bits per heavy atom. The number of nitrogens with one attached hydrogen (secondary N) is 2. The van der Waals surface area contributed by atoms with E-state index in [-0.39, 0.29) is 12.3 Å². The molecular weight excluding hydrogens is 354 g/mol. The summed E-state index contributed by atoms with van der Waals surface area (Å²) in [4.78, 5) is 16.4. The van der Waals surface area contributed by atoms with Crippen LogP contribution in [-0.2, 0) is 4.79 Å². The van der Waals surface area contributed by atoms with Gasteiger partial charge < -0.3 is 20.1 Å². The van der Waals surface area contributed by atoms with Crippen molar-refractivity contribution in [2.24, 2.45) is 0 Å².